The highest BCUT2D eigenvalue weighted by molar-refractivity contribution is 4.76. The number of rotatable bonds is 1. The van der Waals surface area contributed by atoms with Gasteiger partial charge in [-0.05, 0) is 33.6 Å². The van der Waals surface area contributed by atoms with Gasteiger partial charge in [0.2, 0.25) is 0 Å². The van der Waals surface area contributed by atoms with Crippen molar-refractivity contribution in [2.24, 2.45) is 0 Å². The molecule has 1 aliphatic rings. The Morgan fingerprint density at radius 3 is 2.00 bits per heavy atom. The molecule has 0 aromatic heterocycles. The number of hydrogen-bond acceptors (Lipinski definition) is 2. The van der Waals surface area contributed by atoms with Gasteiger partial charge in [0, 0.05) is 12.8 Å². The number of hydrogen-bond donors (Lipinski definition) is 1. The fourth-order valence-electron chi connectivity index (χ4n) is 1.78. The number of ether oxygens (including phenoxy) is 1. The molecule has 1 saturated carbocycles. The van der Waals surface area contributed by atoms with Crippen LogP contribution in [0.25, 0.3) is 0 Å². The van der Waals surface area contributed by atoms with Gasteiger partial charge >= 0.3 is 0 Å². The second kappa shape index (κ2) is 3.35. The topological polar surface area (TPSA) is 29.5 Å². The van der Waals surface area contributed by atoms with Crippen LogP contribution in [0.4, 0.5) is 0 Å². The lowest BCUT2D eigenvalue weighted by Gasteiger charge is -2.37. The Balaban J connectivity index is 2.47. The van der Waals surface area contributed by atoms with Crippen molar-refractivity contribution in [2.45, 2.75) is 64.3 Å². The van der Waals surface area contributed by atoms with Gasteiger partial charge in [0.05, 0.1) is 5.60 Å². The van der Waals surface area contributed by atoms with E-state index in [1.165, 1.54) is 6.42 Å². The molecule has 1 fully saturated rings. The first-order valence-corrected chi connectivity index (χ1v) is 4.84. The molecule has 0 unspecified atom stereocenters. The Kier molecular flexibility index (Phi) is 2.79. The highest BCUT2D eigenvalue weighted by Gasteiger charge is 2.34. The van der Waals surface area contributed by atoms with Crippen LogP contribution in [0, 0.1) is 0 Å². The van der Waals surface area contributed by atoms with Crippen molar-refractivity contribution in [3.05, 3.63) is 0 Å². The lowest BCUT2D eigenvalue weighted by atomic mass is 9.93. The minimum atomic E-state index is -0.837. The first-order chi connectivity index (χ1) is 5.41. The average Bonchev–Trinajstić information content (AvgIpc) is 1.83. The SMILES string of the molecule is CC(C)(C)OC1(O)CCCCC1. The van der Waals surface area contributed by atoms with Gasteiger partial charge in [-0.15, -0.1) is 0 Å². The molecule has 12 heavy (non-hydrogen) atoms. The largest absolute Gasteiger partial charge is 0.365 e. The molecular weight excluding hydrogens is 152 g/mol. The predicted octanol–water partition coefficient (Wildman–Crippen LogP) is 2.45. The van der Waals surface area contributed by atoms with Crippen molar-refractivity contribution in [2.75, 3.05) is 0 Å². The van der Waals surface area contributed by atoms with Gasteiger partial charge in [0.25, 0.3) is 0 Å². The molecule has 0 bridgehead atoms. The van der Waals surface area contributed by atoms with Crippen LogP contribution in [-0.2, 0) is 4.74 Å². The summed E-state index contributed by atoms with van der Waals surface area (Å²) in [4.78, 5) is 0. The van der Waals surface area contributed by atoms with Crippen LogP contribution in [0.5, 0.6) is 0 Å². The molecule has 0 aromatic rings. The molecule has 72 valence electrons. The zero-order valence-corrected chi connectivity index (χ0v) is 8.39. The molecule has 0 aliphatic heterocycles. The minimum absolute atomic E-state index is 0.230. The van der Waals surface area contributed by atoms with Crippen LogP contribution in [0.15, 0.2) is 0 Å². The normalized spacial score (nSPS) is 24.0. The summed E-state index contributed by atoms with van der Waals surface area (Å²) < 4.78 is 5.62. The molecule has 0 atom stereocenters. The maximum absolute atomic E-state index is 9.98. The third kappa shape index (κ3) is 3.11. The smallest absolute Gasteiger partial charge is 0.166 e. The van der Waals surface area contributed by atoms with Crippen molar-refractivity contribution in [3.8, 4) is 0 Å². The van der Waals surface area contributed by atoms with Crippen LogP contribution in [-0.4, -0.2) is 16.5 Å². The van der Waals surface area contributed by atoms with E-state index < -0.39 is 5.79 Å². The van der Waals surface area contributed by atoms with Crippen LogP contribution < -0.4 is 0 Å². The maximum Gasteiger partial charge on any atom is 0.166 e. The molecule has 0 amide bonds. The summed E-state index contributed by atoms with van der Waals surface area (Å²) in [5.41, 5.74) is -0.230. The average molecular weight is 172 g/mol. The monoisotopic (exact) mass is 172 g/mol. The van der Waals surface area contributed by atoms with Crippen molar-refractivity contribution >= 4 is 0 Å². The van der Waals surface area contributed by atoms with Gasteiger partial charge in [-0.1, -0.05) is 6.42 Å². The summed E-state index contributed by atoms with van der Waals surface area (Å²) in [6.07, 6.45) is 5.00. The van der Waals surface area contributed by atoms with Crippen LogP contribution >= 0.6 is 0 Å². The van der Waals surface area contributed by atoms with Gasteiger partial charge in [-0.3, -0.25) is 0 Å². The second-order valence-corrected chi connectivity index (χ2v) is 4.72. The van der Waals surface area contributed by atoms with Crippen molar-refractivity contribution in [3.63, 3.8) is 0 Å². The fraction of sp³-hybridized carbons (Fsp3) is 1.00. The number of aliphatic hydroxyl groups is 1. The van der Waals surface area contributed by atoms with Crippen molar-refractivity contribution in [1.82, 2.24) is 0 Å². The quantitative estimate of drug-likeness (QED) is 0.616. The molecule has 0 spiro atoms. The van der Waals surface area contributed by atoms with Gasteiger partial charge in [-0.2, -0.15) is 0 Å². The highest BCUT2D eigenvalue weighted by atomic mass is 16.6. The first-order valence-electron chi connectivity index (χ1n) is 4.84. The lowest BCUT2D eigenvalue weighted by molar-refractivity contribution is -0.265. The maximum atomic E-state index is 9.98. The molecule has 0 radical (unpaired) electrons. The van der Waals surface area contributed by atoms with Crippen LogP contribution in [0.1, 0.15) is 52.9 Å². The summed E-state index contributed by atoms with van der Waals surface area (Å²) >= 11 is 0. The van der Waals surface area contributed by atoms with Gasteiger partial charge in [0.15, 0.2) is 5.79 Å². The Bertz CT molecular complexity index is 140. The minimum Gasteiger partial charge on any atom is -0.365 e. The predicted molar refractivity (Wildman–Crippen MR) is 48.9 cm³/mol. The van der Waals surface area contributed by atoms with Gasteiger partial charge in [0.1, 0.15) is 0 Å². The Hall–Kier alpha value is -0.0800. The summed E-state index contributed by atoms with van der Waals surface area (Å²) in [5.74, 6) is -0.837. The molecule has 1 N–H and O–H groups in total. The molecule has 2 nitrogen and oxygen atoms in total. The third-order valence-electron chi connectivity index (χ3n) is 2.13. The molecule has 0 heterocycles. The summed E-state index contributed by atoms with van der Waals surface area (Å²) in [5, 5.41) is 9.98. The molecule has 0 saturated heterocycles. The summed E-state index contributed by atoms with van der Waals surface area (Å²) in [7, 11) is 0. The van der Waals surface area contributed by atoms with E-state index in [-0.39, 0.29) is 5.60 Å². The molecule has 1 rings (SSSR count). The zero-order chi connectivity index (χ0) is 9.24. The van der Waals surface area contributed by atoms with Crippen LogP contribution in [0.3, 0.4) is 0 Å². The standard InChI is InChI=1S/C10H20O2/c1-9(2,3)12-10(11)7-5-4-6-8-10/h11H,4-8H2,1-3H3. The van der Waals surface area contributed by atoms with E-state index in [1.807, 2.05) is 20.8 Å². The second-order valence-electron chi connectivity index (χ2n) is 4.72. The first kappa shape index (κ1) is 10.0. The summed E-state index contributed by atoms with van der Waals surface area (Å²) in [6.45, 7) is 5.96. The fourth-order valence-corrected chi connectivity index (χ4v) is 1.78. The molecular formula is C10H20O2. The highest BCUT2D eigenvalue weighted by Crippen LogP contribution is 2.32. The van der Waals surface area contributed by atoms with E-state index in [0.29, 0.717) is 0 Å². The van der Waals surface area contributed by atoms with Gasteiger partial charge < -0.3 is 9.84 Å². The molecule has 0 aromatic carbocycles. The molecule has 2 heteroatoms. The third-order valence-corrected chi connectivity index (χ3v) is 2.13. The van der Waals surface area contributed by atoms with E-state index in [0.717, 1.165) is 25.7 Å². The van der Waals surface area contributed by atoms with Crippen LogP contribution in [0.2, 0.25) is 0 Å². The van der Waals surface area contributed by atoms with Gasteiger partial charge in [-0.25, -0.2) is 0 Å². The van der Waals surface area contributed by atoms with Crippen molar-refractivity contribution in [1.29, 1.82) is 0 Å². The van der Waals surface area contributed by atoms with E-state index in [9.17, 15) is 5.11 Å². The molecule has 1 aliphatic carbocycles. The summed E-state index contributed by atoms with van der Waals surface area (Å²) in [6, 6.07) is 0. The van der Waals surface area contributed by atoms with E-state index >= 15 is 0 Å². The Morgan fingerprint density at radius 1 is 1.08 bits per heavy atom. The Labute approximate surface area is 74.9 Å². The van der Waals surface area contributed by atoms with E-state index in [4.69, 9.17) is 4.74 Å². The van der Waals surface area contributed by atoms with E-state index in [2.05, 4.69) is 0 Å². The van der Waals surface area contributed by atoms with E-state index in [1.54, 1.807) is 0 Å². The van der Waals surface area contributed by atoms with Crippen molar-refractivity contribution < 1.29 is 9.84 Å². The Morgan fingerprint density at radius 2 is 1.58 bits per heavy atom. The lowest BCUT2D eigenvalue weighted by Crippen LogP contribution is -2.41. The zero-order valence-electron chi connectivity index (χ0n) is 8.39.